The molecule has 24 heavy (non-hydrogen) atoms. The molecule has 0 aliphatic rings. The summed E-state index contributed by atoms with van der Waals surface area (Å²) in [5.41, 5.74) is 1.09. The highest BCUT2D eigenvalue weighted by atomic mass is 35.5. The lowest BCUT2D eigenvalue weighted by molar-refractivity contribution is 0.0948. The molecule has 5 nitrogen and oxygen atoms in total. The Morgan fingerprint density at radius 2 is 1.88 bits per heavy atom. The van der Waals surface area contributed by atoms with Crippen LogP contribution >= 0.6 is 23.2 Å². The zero-order valence-electron chi connectivity index (χ0n) is 13.9. The summed E-state index contributed by atoms with van der Waals surface area (Å²) in [7, 11) is 0. The highest BCUT2D eigenvalue weighted by molar-refractivity contribution is 6.35. The SMILES string of the molecule is CC(C)(C)Nc1ccc(C(=O)NCCc2ccc(Cl)cc2Cl)nn1. The van der Waals surface area contributed by atoms with Crippen LogP contribution < -0.4 is 10.6 Å². The van der Waals surface area contributed by atoms with Crippen LogP contribution in [0.5, 0.6) is 0 Å². The molecule has 0 aliphatic heterocycles. The van der Waals surface area contributed by atoms with Gasteiger partial charge in [-0.2, -0.15) is 0 Å². The van der Waals surface area contributed by atoms with Gasteiger partial charge < -0.3 is 10.6 Å². The van der Waals surface area contributed by atoms with Crippen molar-refractivity contribution in [2.24, 2.45) is 0 Å². The lowest BCUT2D eigenvalue weighted by Gasteiger charge is -2.20. The quantitative estimate of drug-likeness (QED) is 0.839. The summed E-state index contributed by atoms with van der Waals surface area (Å²) in [5.74, 6) is 0.363. The molecule has 7 heteroatoms. The van der Waals surface area contributed by atoms with Crippen molar-refractivity contribution in [3.05, 3.63) is 51.6 Å². The van der Waals surface area contributed by atoms with Crippen molar-refractivity contribution in [2.45, 2.75) is 32.7 Å². The van der Waals surface area contributed by atoms with Crippen molar-refractivity contribution in [3.63, 3.8) is 0 Å². The number of nitrogens with one attached hydrogen (secondary N) is 2. The van der Waals surface area contributed by atoms with Crippen LogP contribution in [0.4, 0.5) is 5.82 Å². The van der Waals surface area contributed by atoms with Crippen molar-refractivity contribution in [2.75, 3.05) is 11.9 Å². The van der Waals surface area contributed by atoms with Crippen molar-refractivity contribution in [3.8, 4) is 0 Å². The molecule has 0 radical (unpaired) electrons. The summed E-state index contributed by atoms with van der Waals surface area (Å²) in [6.07, 6.45) is 0.610. The second-order valence-corrected chi connectivity index (χ2v) is 7.26. The topological polar surface area (TPSA) is 66.9 Å². The maximum atomic E-state index is 12.1. The van der Waals surface area contributed by atoms with Crippen LogP contribution in [-0.2, 0) is 6.42 Å². The van der Waals surface area contributed by atoms with Crippen molar-refractivity contribution in [1.29, 1.82) is 0 Å². The average Bonchev–Trinajstić information content (AvgIpc) is 2.48. The minimum absolute atomic E-state index is 0.115. The molecule has 0 spiro atoms. The van der Waals surface area contributed by atoms with E-state index < -0.39 is 0 Å². The normalized spacial score (nSPS) is 11.2. The molecule has 0 bridgehead atoms. The molecule has 128 valence electrons. The summed E-state index contributed by atoms with van der Waals surface area (Å²) < 4.78 is 0. The summed E-state index contributed by atoms with van der Waals surface area (Å²) in [5, 5.41) is 15.1. The molecule has 0 unspecified atom stereocenters. The third kappa shape index (κ3) is 5.65. The van der Waals surface area contributed by atoms with Gasteiger partial charge >= 0.3 is 0 Å². The second kappa shape index (κ2) is 7.81. The maximum Gasteiger partial charge on any atom is 0.271 e. The van der Waals surface area contributed by atoms with E-state index in [1.165, 1.54) is 0 Å². The van der Waals surface area contributed by atoms with Crippen LogP contribution in [0.15, 0.2) is 30.3 Å². The lowest BCUT2D eigenvalue weighted by Crippen LogP contribution is -2.28. The monoisotopic (exact) mass is 366 g/mol. The third-order valence-corrected chi connectivity index (χ3v) is 3.68. The van der Waals surface area contributed by atoms with E-state index in [4.69, 9.17) is 23.2 Å². The van der Waals surface area contributed by atoms with Gasteiger partial charge in [0.2, 0.25) is 0 Å². The standard InChI is InChI=1S/C17H20Cl2N4O/c1-17(2,3)21-15-7-6-14(22-23-15)16(24)20-9-8-11-4-5-12(18)10-13(11)19/h4-7,10H,8-9H2,1-3H3,(H,20,24)(H,21,23). The van der Waals surface area contributed by atoms with Gasteiger partial charge in [-0.05, 0) is 57.0 Å². The van der Waals surface area contributed by atoms with E-state index in [0.29, 0.717) is 28.8 Å². The molecule has 0 fully saturated rings. The smallest absolute Gasteiger partial charge is 0.271 e. The van der Waals surface area contributed by atoms with E-state index >= 15 is 0 Å². The summed E-state index contributed by atoms with van der Waals surface area (Å²) >= 11 is 12.0. The van der Waals surface area contributed by atoms with Crippen LogP contribution in [0.1, 0.15) is 36.8 Å². The van der Waals surface area contributed by atoms with E-state index in [0.717, 1.165) is 5.56 Å². The number of benzene rings is 1. The predicted octanol–water partition coefficient (Wildman–Crippen LogP) is 3.97. The Hall–Kier alpha value is -1.85. The highest BCUT2D eigenvalue weighted by Crippen LogP contribution is 2.21. The van der Waals surface area contributed by atoms with Gasteiger partial charge in [0.1, 0.15) is 5.82 Å². The summed E-state index contributed by atoms with van der Waals surface area (Å²) in [6.45, 7) is 6.52. The number of amides is 1. The van der Waals surface area contributed by atoms with Gasteiger partial charge in [0.15, 0.2) is 5.69 Å². The van der Waals surface area contributed by atoms with E-state index in [1.54, 1.807) is 24.3 Å². The number of nitrogens with zero attached hydrogens (tertiary/aromatic N) is 2. The number of aromatic nitrogens is 2. The van der Waals surface area contributed by atoms with E-state index in [9.17, 15) is 4.79 Å². The first kappa shape index (κ1) is 18.5. The predicted molar refractivity (Wildman–Crippen MR) is 97.9 cm³/mol. The second-order valence-electron chi connectivity index (χ2n) is 6.42. The minimum atomic E-state index is -0.269. The Labute approximate surface area is 151 Å². The van der Waals surface area contributed by atoms with Gasteiger partial charge in [0.05, 0.1) is 0 Å². The van der Waals surface area contributed by atoms with Crippen molar-refractivity contribution in [1.82, 2.24) is 15.5 Å². The molecule has 1 amide bonds. The van der Waals surface area contributed by atoms with Gasteiger partial charge in [-0.25, -0.2) is 0 Å². The molecular formula is C17H20Cl2N4O. The van der Waals surface area contributed by atoms with Gasteiger partial charge in [-0.1, -0.05) is 29.3 Å². The lowest BCUT2D eigenvalue weighted by atomic mass is 10.1. The molecular weight excluding hydrogens is 347 g/mol. The fraction of sp³-hybridized carbons (Fsp3) is 0.353. The fourth-order valence-corrected chi connectivity index (χ4v) is 2.53. The van der Waals surface area contributed by atoms with Crippen LogP contribution in [0, 0.1) is 0 Å². The van der Waals surface area contributed by atoms with Crippen molar-refractivity contribution >= 4 is 34.9 Å². The summed E-state index contributed by atoms with van der Waals surface area (Å²) in [6, 6.07) is 8.70. The number of hydrogen-bond donors (Lipinski definition) is 2. The first-order valence-corrected chi connectivity index (χ1v) is 8.34. The van der Waals surface area contributed by atoms with Crippen LogP contribution in [-0.4, -0.2) is 28.2 Å². The number of rotatable bonds is 5. The first-order chi connectivity index (χ1) is 11.2. The molecule has 0 atom stereocenters. The average molecular weight is 367 g/mol. The van der Waals surface area contributed by atoms with Crippen LogP contribution in [0.2, 0.25) is 10.0 Å². The van der Waals surface area contributed by atoms with E-state index in [2.05, 4.69) is 20.8 Å². The third-order valence-electron chi connectivity index (χ3n) is 3.10. The Morgan fingerprint density at radius 3 is 2.46 bits per heavy atom. The molecule has 0 aliphatic carbocycles. The van der Waals surface area contributed by atoms with Crippen LogP contribution in [0.25, 0.3) is 0 Å². The van der Waals surface area contributed by atoms with E-state index in [-0.39, 0.29) is 17.1 Å². The molecule has 0 saturated carbocycles. The number of halogens is 2. The van der Waals surface area contributed by atoms with Gasteiger partial charge in [-0.3, -0.25) is 4.79 Å². The number of carbonyl (C=O) groups excluding carboxylic acids is 1. The Kier molecular flexibility index (Phi) is 6.02. The molecule has 2 rings (SSSR count). The first-order valence-electron chi connectivity index (χ1n) is 7.59. The number of hydrogen-bond acceptors (Lipinski definition) is 4. The number of anilines is 1. The maximum absolute atomic E-state index is 12.1. The highest BCUT2D eigenvalue weighted by Gasteiger charge is 2.12. The summed E-state index contributed by atoms with van der Waals surface area (Å²) in [4.78, 5) is 12.1. The Bertz CT molecular complexity index is 712. The largest absolute Gasteiger partial charge is 0.364 e. The van der Waals surface area contributed by atoms with Crippen molar-refractivity contribution < 1.29 is 4.79 Å². The van der Waals surface area contributed by atoms with Crippen LogP contribution in [0.3, 0.4) is 0 Å². The fourth-order valence-electron chi connectivity index (χ4n) is 2.03. The molecule has 1 aromatic heterocycles. The molecule has 2 aromatic rings. The Balaban J connectivity index is 1.88. The molecule has 1 aromatic carbocycles. The molecule has 1 heterocycles. The molecule has 2 N–H and O–H groups in total. The van der Waals surface area contributed by atoms with Gasteiger partial charge in [-0.15, -0.1) is 10.2 Å². The zero-order chi connectivity index (χ0) is 17.7. The number of carbonyl (C=O) groups is 1. The van der Waals surface area contributed by atoms with E-state index in [1.807, 2.05) is 26.8 Å². The minimum Gasteiger partial charge on any atom is -0.364 e. The zero-order valence-corrected chi connectivity index (χ0v) is 15.4. The van der Waals surface area contributed by atoms with Gasteiger partial charge in [0.25, 0.3) is 5.91 Å². The van der Waals surface area contributed by atoms with Gasteiger partial charge in [0, 0.05) is 22.1 Å². The molecule has 0 saturated heterocycles. The Morgan fingerprint density at radius 1 is 1.12 bits per heavy atom.